The van der Waals surface area contributed by atoms with Gasteiger partial charge < -0.3 is 9.26 Å². The smallest absolute Gasteiger partial charge is 0.141 e. The van der Waals surface area contributed by atoms with Crippen molar-refractivity contribution in [2.45, 2.75) is 27.2 Å². The Kier molecular flexibility index (Phi) is 3.13. The molecule has 0 atom stereocenters. The second kappa shape index (κ2) is 4.57. The molecule has 0 aliphatic carbocycles. The van der Waals surface area contributed by atoms with E-state index in [0.29, 0.717) is 0 Å². The van der Waals surface area contributed by atoms with Crippen molar-refractivity contribution in [3.05, 3.63) is 29.4 Å². The molecule has 0 aliphatic heterocycles. The summed E-state index contributed by atoms with van der Waals surface area (Å²) >= 11 is 0. The van der Waals surface area contributed by atoms with Crippen molar-refractivity contribution in [3.63, 3.8) is 0 Å². The molecule has 0 saturated carbocycles. The number of aryl methyl sites for hydroxylation is 3. The summed E-state index contributed by atoms with van der Waals surface area (Å²) < 4.78 is 10.5. The summed E-state index contributed by atoms with van der Waals surface area (Å²) in [6.07, 6.45) is 2.69. The Bertz CT molecular complexity index is 513. The van der Waals surface area contributed by atoms with Gasteiger partial charge in [0.15, 0.2) is 0 Å². The minimum absolute atomic E-state index is 0.801. The predicted molar refractivity (Wildman–Crippen MR) is 65.1 cm³/mol. The van der Waals surface area contributed by atoms with Crippen LogP contribution in [0.2, 0.25) is 0 Å². The number of aromatic nitrogens is 2. The SMILES string of the molecule is CCc1ncc(-c2c(C)noc2C)cc1OC. The van der Waals surface area contributed by atoms with Gasteiger partial charge in [0.1, 0.15) is 11.5 Å². The lowest BCUT2D eigenvalue weighted by Crippen LogP contribution is -1.95. The van der Waals surface area contributed by atoms with Gasteiger partial charge in [0.2, 0.25) is 0 Å². The van der Waals surface area contributed by atoms with Gasteiger partial charge >= 0.3 is 0 Å². The van der Waals surface area contributed by atoms with Crippen LogP contribution in [0.3, 0.4) is 0 Å². The van der Waals surface area contributed by atoms with Crippen LogP contribution in [0.4, 0.5) is 0 Å². The van der Waals surface area contributed by atoms with Crippen LogP contribution in [0.25, 0.3) is 11.1 Å². The Morgan fingerprint density at radius 3 is 2.65 bits per heavy atom. The van der Waals surface area contributed by atoms with E-state index in [1.807, 2.05) is 26.1 Å². The van der Waals surface area contributed by atoms with Gasteiger partial charge in [0.05, 0.1) is 18.5 Å². The van der Waals surface area contributed by atoms with E-state index in [1.54, 1.807) is 7.11 Å². The monoisotopic (exact) mass is 232 g/mol. The largest absolute Gasteiger partial charge is 0.495 e. The summed E-state index contributed by atoms with van der Waals surface area (Å²) in [4.78, 5) is 4.41. The number of hydrogen-bond donors (Lipinski definition) is 0. The second-order valence-electron chi connectivity index (χ2n) is 3.93. The van der Waals surface area contributed by atoms with E-state index in [9.17, 15) is 0 Å². The first-order valence-electron chi connectivity index (χ1n) is 5.63. The normalized spacial score (nSPS) is 10.6. The summed E-state index contributed by atoms with van der Waals surface area (Å²) in [6.45, 7) is 5.88. The number of pyridine rings is 1. The average Bonchev–Trinajstić information content (AvgIpc) is 2.68. The molecule has 0 bridgehead atoms. The van der Waals surface area contributed by atoms with E-state index >= 15 is 0 Å². The molecule has 0 aliphatic rings. The lowest BCUT2D eigenvalue weighted by Gasteiger charge is -2.08. The van der Waals surface area contributed by atoms with E-state index in [-0.39, 0.29) is 0 Å². The minimum Gasteiger partial charge on any atom is -0.495 e. The molecular weight excluding hydrogens is 216 g/mol. The fraction of sp³-hybridized carbons (Fsp3) is 0.385. The van der Waals surface area contributed by atoms with E-state index in [1.165, 1.54) is 0 Å². The highest BCUT2D eigenvalue weighted by atomic mass is 16.5. The molecule has 4 nitrogen and oxygen atoms in total. The van der Waals surface area contributed by atoms with Crippen LogP contribution in [-0.4, -0.2) is 17.3 Å². The van der Waals surface area contributed by atoms with Gasteiger partial charge in [-0.15, -0.1) is 0 Å². The van der Waals surface area contributed by atoms with Crippen molar-refractivity contribution in [2.75, 3.05) is 7.11 Å². The van der Waals surface area contributed by atoms with Crippen molar-refractivity contribution < 1.29 is 9.26 Å². The van der Waals surface area contributed by atoms with Gasteiger partial charge in [-0.1, -0.05) is 12.1 Å². The molecule has 2 aromatic heterocycles. The zero-order valence-corrected chi connectivity index (χ0v) is 10.6. The van der Waals surface area contributed by atoms with E-state index in [0.717, 1.165) is 40.4 Å². The molecule has 0 spiro atoms. The van der Waals surface area contributed by atoms with Gasteiger partial charge in [-0.05, 0) is 26.3 Å². The number of nitrogens with zero attached hydrogens (tertiary/aromatic N) is 2. The summed E-state index contributed by atoms with van der Waals surface area (Å²) in [7, 11) is 1.66. The zero-order chi connectivity index (χ0) is 12.4. The minimum atomic E-state index is 0.801. The third kappa shape index (κ3) is 2.02. The average molecular weight is 232 g/mol. The van der Waals surface area contributed by atoms with Crippen molar-refractivity contribution in [1.82, 2.24) is 10.1 Å². The highest BCUT2D eigenvalue weighted by molar-refractivity contribution is 5.68. The molecular formula is C13H16N2O2. The molecule has 2 heterocycles. The molecule has 0 aromatic carbocycles. The quantitative estimate of drug-likeness (QED) is 0.816. The highest BCUT2D eigenvalue weighted by Crippen LogP contribution is 2.30. The highest BCUT2D eigenvalue weighted by Gasteiger charge is 2.14. The molecule has 90 valence electrons. The van der Waals surface area contributed by atoms with Crippen LogP contribution in [0.1, 0.15) is 24.1 Å². The third-order valence-corrected chi connectivity index (χ3v) is 2.81. The fourth-order valence-corrected chi connectivity index (χ4v) is 1.95. The molecule has 0 unspecified atom stereocenters. The Morgan fingerprint density at radius 2 is 2.12 bits per heavy atom. The fourth-order valence-electron chi connectivity index (χ4n) is 1.95. The molecule has 4 heteroatoms. The van der Waals surface area contributed by atoms with Gasteiger partial charge in [-0.25, -0.2) is 0 Å². The number of ether oxygens (including phenoxy) is 1. The Morgan fingerprint density at radius 1 is 1.35 bits per heavy atom. The lowest BCUT2D eigenvalue weighted by molar-refractivity contribution is 0.393. The Labute approximate surface area is 101 Å². The van der Waals surface area contributed by atoms with Crippen molar-refractivity contribution in [2.24, 2.45) is 0 Å². The Balaban J connectivity index is 2.54. The van der Waals surface area contributed by atoms with Gasteiger partial charge in [0, 0.05) is 17.3 Å². The third-order valence-electron chi connectivity index (χ3n) is 2.81. The summed E-state index contributed by atoms with van der Waals surface area (Å²) in [5.74, 6) is 1.61. The van der Waals surface area contributed by atoms with E-state index < -0.39 is 0 Å². The molecule has 0 saturated heterocycles. The van der Waals surface area contributed by atoms with Gasteiger partial charge in [0.25, 0.3) is 0 Å². The van der Waals surface area contributed by atoms with Crippen LogP contribution in [0, 0.1) is 13.8 Å². The summed E-state index contributed by atoms with van der Waals surface area (Å²) in [5.41, 5.74) is 3.81. The molecule has 0 N–H and O–H groups in total. The summed E-state index contributed by atoms with van der Waals surface area (Å²) in [6, 6.07) is 1.98. The van der Waals surface area contributed by atoms with Gasteiger partial charge in [-0.2, -0.15) is 0 Å². The maximum absolute atomic E-state index is 5.34. The first-order chi connectivity index (χ1) is 8.17. The maximum atomic E-state index is 5.34. The van der Waals surface area contributed by atoms with Crippen molar-refractivity contribution in [3.8, 4) is 16.9 Å². The zero-order valence-electron chi connectivity index (χ0n) is 10.6. The Hall–Kier alpha value is -1.84. The first kappa shape index (κ1) is 11.6. The van der Waals surface area contributed by atoms with Crippen LogP contribution in [0.15, 0.2) is 16.8 Å². The molecule has 2 rings (SSSR count). The number of rotatable bonds is 3. The van der Waals surface area contributed by atoms with Crippen LogP contribution < -0.4 is 4.74 Å². The molecule has 0 fully saturated rings. The topological polar surface area (TPSA) is 48.2 Å². The van der Waals surface area contributed by atoms with E-state index in [2.05, 4.69) is 17.1 Å². The van der Waals surface area contributed by atoms with Crippen LogP contribution in [-0.2, 0) is 6.42 Å². The predicted octanol–water partition coefficient (Wildman–Crippen LogP) is 2.92. The molecule has 0 amide bonds. The molecule has 2 aromatic rings. The standard InChI is InChI=1S/C13H16N2O2/c1-5-11-12(16-4)6-10(7-14-11)13-8(2)15-17-9(13)3/h6-7H,5H2,1-4H3. The molecule has 17 heavy (non-hydrogen) atoms. The van der Waals surface area contributed by atoms with Crippen LogP contribution >= 0.6 is 0 Å². The maximum Gasteiger partial charge on any atom is 0.141 e. The van der Waals surface area contributed by atoms with Gasteiger partial charge in [-0.3, -0.25) is 4.98 Å². The number of hydrogen-bond acceptors (Lipinski definition) is 4. The van der Waals surface area contributed by atoms with E-state index in [4.69, 9.17) is 9.26 Å². The number of methoxy groups -OCH3 is 1. The summed E-state index contributed by atoms with van der Waals surface area (Å²) in [5, 5.41) is 3.95. The van der Waals surface area contributed by atoms with Crippen molar-refractivity contribution >= 4 is 0 Å². The second-order valence-corrected chi connectivity index (χ2v) is 3.93. The van der Waals surface area contributed by atoms with Crippen molar-refractivity contribution in [1.29, 1.82) is 0 Å². The van der Waals surface area contributed by atoms with Crippen LogP contribution in [0.5, 0.6) is 5.75 Å². The molecule has 0 radical (unpaired) electrons. The first-order valence-corrected chi connectivity index (χ1v) is 5.63. The lowest BCUT2D eigenvalue weighted by atomic mass is 10.1.